The molecule has 8 heteroatoms. The lowest BCUT2D eigenvalue weighted by atomic mass is 10.3. The van der Waals surface area contributed by atoms with Gasteiger partial charge in [-0.2, -0.15) is 0 Å². The number of carbonyl (C=O) groups is 2. The molecule has 0 atom stereocenters. The molecule has 0 radical (unpaired) electrons. The minimum absolute atomic E-state index is 0.198. The van der Waals surface area contributed by atoms with Crippen LogP contribution in [0.2, 0.25) is 0 Å². The van der Waals surface area contributed by atoms with Crippen molar-refractivity contribution < 1.29 is 23.8 Å². The number of carbonyl (C=O) groups excluding carboxylic acids is 2. The van der Waals surface area contributed by atoms with Crippen molar-refractivity contribution in [3.63, 3.8) is 0 Å². The maximum atomic E-state index is 12.0. The van der Waals surface area contributed by atoms with Gasteiger partial charge in [0.1, 0.15) is 16.4 Å². The molecule has 0 saturated carbocycles. The van der Waals surface area contributed by atoms with Crippen LogP contribution in [-0.4, -0.2) is 30.6 Å². The van der Waals surface area contributed by atoms with Gasteiger partial charge in [-0.15, -0.1) is 11.3 Å². The van der Waals surface area contributed by atoms with Crippen LogP contribution in [0.25, 0.3) is 0 Å². The van der Waals surface area contributed by atoms with Gasteiger partial charge in [-0.1, -0.05) is 6.07 Å². The second-order valence-electron chi connectivity index (χ2n) is 5.23. The largest absolute Gasteiger partial charge is 0.484 e. The highest BCUT2D eigenvalue weighted by molar-refractivity contribution is 7.12. The molecule has 0 bridgehead atoms. The van der Waals surface area contributed by atoms with Crippen LogP contribution in [0.15, 0.2) is 60.1 Å². The summed E-state index contributed by atoms with van der Waals surface area (Å²) in [5.74, 6) is 0.725. The first-order chi connectivity index (χ1) is 13.2. The van der Waals surface area contributed by atoms with Crippen molar-refractivity contribution in [2.45, 2.75) is 0 Å². The Morgan fingerprint density at radius 3 is 2.56 bits per heavy atom. The van der Waals surface area contributed by atoms with Gasteiger partial charge in [-0.05, 0) is 41.8 Å². The number of thiophene rings is 1. The zero-order valence-corrected chi connectivity index (χ0v) is 15.2. The molecule has 0 aliphatic heterocycles. The van der Waals surface area contributed by atoms with Crippen LogP contribution in [0.5, 0.6) is 17.4 Å². The van der Waals surface area contributed by atoms with E-state index in [0.29, 0.717) is 27.9 Å². The van der Waals surface area contributed by atoms with Crippen molar-refractivity contribution in [2.24, 2.45) is 0 Å². The molecule has 1 aromatic carbocycles. The number of pyridine rings is 1. The van der Waals surface area contributed by atoms with Crippen LogP contribution >= 0.6 is 11.3 Å². The van der Waals surface area contributed by atoms with E-state index in [-0.39, 0.29) is 12.5 Å². The fourth-order valence-corrected chi connectivity index (χ4v) is 2.89. The maximum Gasteiger partial charge on any atom is 0.350 e. The summed E-state index contributed by atoms with van der Waals surface area (Å²) >= 11 is 1.19. The molecule has 0 unspecified atom stereocenters. The average Bonchev–Trinajstić information content (AvgIpc) is 3.15. The molecular weight excluding hydrogens is 368 g/mol. The Hall–Kier alpha value is -3.39. The fourth-order valence-electron chi connectivity index (χ4n) is 2.13. The lowest BCUT2D eigenvalue weighted by Gasteiger charge is -2.09. The first-order valence-corrected chi connectivity index (χ1v) is 8.81. The van der Waals surface area contributed by atoms with Gasteiger partial charge >= 0.3 is 5.97 Å². The van der Waals surface area contributed by atoms with Crippen molar-refractivity contribution in [1.82, 2.24) is 4.98 Å². The topological polar surface area (TPSA) is 86.8 Å². The second kappa shape index (κ2) is 8.81. The van der Waals surface area contributed by atoms with E-state index >= 15 is 0 Å². The monoisotopic (exact) mass is 384 g/mol. The van der Waals surface area contributed by atoms with Gasteiger partial charge in [0.2, 0.25) is 5.88 Å². The average molecular weight is 384 g/mol. The van der Waals surface area contributed by atoms with E-state index in [1.54, 1.807) is 54.0 Å². The summed E-state index contributed by atoms with van der Waals surface area (Å²) in [4.78, 5) is 28.1. The fraction of sp³-hybridized carbons (Fsp3) is 0.105. The van der Waals surface area contributed by atoms with Gasteiger partial charge in [-0.25, -0.2) is 9.78 Å². The Morgan fingerprint density at radius 2 is 1.85 bits per heavy atom. The number of ether oxygens (including phenoxy) is 3. The van der Waals surface area contributed by atoms with E-state index < -0.39 is 5.97 Å². The van der Waals surface area contributed by atoms with Gasteiger partial charge in [0.15, 0.2) is 6.61 Å². The number of nitrogens with zero attached hydrogens (tertiary/aromatic N) is 1. The van der Waals surface area contributed by atoms with Gasteiger partial charge < -0.3 is 19.5 Å². The van der Waals surface area contributed by atoms with E-state index in [4.69, 9.17) is 9.47 Å². The lowest BCUT2D eigenvalue weighted by molar-refractivity contribution is -0.118. The molecule has 27 heavy (non-hydrogen) atoms. The van der Waals surface area contributed by atoms with Crippen LogP contribution < -0.4 is 14.8 Å². The Bertz CT molecular complexity index is 909. The zero-order chi connectivity index (χ0) is 19.1. The predicted molar refractivity (Wildman–Crippen MR) is 101 cm³/mol. The molecule has 0 spiro atoms. The summed E-state index contributed by atoms with van der Waals surface area (Å²) in [6, 6.07) is 13.8. The van der Waals surface area contributed by atoms with Crippen molar-refractivity contribution in [2.75, 3.05) is 19.0 Å². The highest BCUT2D eigenvalue weighted by atomic mass is 32.1. The third kappa shape index (κ3) is 5.05. The smallest absolute Gasteiger partial charge is 0.350 e. The first-order valence-electron chi connectivity index (χ1n) is 7.93. The molecule has 1 N–H and O–H groups in total. The van der Waals surface area contributed by atoms with Crippen molar-refractivity contribution in [3.8, 4) is 17.4 Å². The minimum Gasteiger partial charge on any atom is -0.484 e. The molecule has 2 heterocycles. The predicted octanol–water partition coefficient (Wildman–Crippen LogP) is 3.74. The molecule has 7 nitrogen and oxygen atoms in total. The number of rotatable bonds is 7. The number of hydrogen-bond acceptors (Lipinski definition) is 7. The van der Waals surface area contributed by atoms with Crippen LogP contribution in [0.3, 0.4) is 0 Å². The number of nitrogens with one attached hydrogen (secondary N) is 1. The number of esters is 1. The highest BCUT2D eigenvalue weighted by Crippen LogP contribution is 2.24. The number of aromatic nitrogens is 1. The van der Waals surface area contributed by atoms with E-state index in [1.165, 1.54) is 18.4 Å². The molecule has 0 fully saturated rings. The van der Waals surface area contributed by atoms with Crippen molar-refractivity contribution in [1.29, 1.82) is 0 Å². The molecule has 3 rings (SSSR count). The maximum absolute atomic E-state index is 12.0. The number of amides is 1. The molecule has 0 aliphatic rings. The van der Waals surface area contributed by atoms with Crippen LogP contribution in [-0.2, 0) is 9.53 Å². The van der Waals surface area contributed by atoms with Gasteiger partial charge in [-0.3, -0.25) is 4.79 Å². The molecule has 2 aromatic heterocycles. The van der Waals surface area contributed by atoms with Gasteiger partial charge in [0.05, 0.1) is 12.8 Å². The quantitative estimate of drug-likeness (QED) is 0.625. The number of hydrogen-bond donors (Lipinski definition) is 1. The van der Waals surface area contributed by atoms with Crippen molar-refractivity contribution in [3.05, 3.63) is 65.0 Å². The van der Waals surface area contributed by atoms with Crippen LogP contribution in [0, 0.1) is 0 Å². The summed E-state index contributed by atoms with van der Waals surface area (Å²) in [7, 11) is 1.29. The summed E-state index contributed by atoms with van der Waals surface area (Å²) in [5, 5.41) is 4.33. The third-order valence-corrected chi connectivity index (χ3v) is 4.26. The molecule has 0 aliphatic carbocycles. The van der Waals surface area contributed by atoms with E-state index in [9.17, 15) is 9.59 Å². The summed E-state index contributed by atoms with van der Waals surface area (Å²) in [6.07, 6.45) is 1.64. The normalized spacial score (nSPS) is 10.1. The standard InChI is InChI=1S/C19H16N2O5S/c1-24-19(23)18-15(9-11-27-18)21-16(22)12-25-13-5-7-14(8-6-13)26-17-4-2-3-10-20-17/h2-11H,12H2,1H3,(H,21,22). The van der Waals surface area contributed by atoms with Gasteiger partial charge in [0, 0.05) is 12.3 Å². The van der Waals surface area contributed by atoms with Crippen molar-refractivity contribution >= 4 is 28.9 Å². The highest BCUT2D eigenvalue weighted by Gasteiger charge is 2.15. The second-order valence-corrected chi connectivity index (χ2v) is 6.15. The Morgan fingerprint density at radius 1 is 1.07 bits per heavy atom. The van der Waals surface area contributed by atoms with Crippen LogP contribution in [0.4, 0.5) is 5.69 Å². The third-order valence-electron chi connectivity index (χ3n) is 3.36. The molecule has 1 amide bonds. The lowest BCUT2D eigenvalue weighted by Crippen LogP contribution is -2.21. The molecule has 0 saturated heterocycles. The Kier molecular flexibility index (Phi) is 6.01. The van der Waals surface area contributed by atoms with E-state index in [2.05, 4.69) is 15.0 Å². The molecule has 3 aromatic rings. The summed E-state index contributed by atoms with van der Waals surface area (Å²) < 4.78 is 15.7. The number of methoxy groups -OCH3 is 1. The first kappa shape index (κ1) is 18.4. The number of anilines is 1. The number of benzene rings is 1. The van der Waals surface area contributed by atoms with Gasteiger partial charge in [0.25, 0.3) is 5.91 Å². The molecule has 138 valence electrons. The Balaban J connectivity index is 1.52. The van der Waals surface area contributed by atoms with Crippen LogP contribution in [0.1, 0.15) is 9.67 Å². The summed E-state index contributed by atoms with van der Waals surface area (Å²) in [5.41, 5.74) is 0.402. The van der Waals surface area contributed by atoms with E-state index in [1.807, 2.05) is 6.07 Å². The Labute approximate surface area is 159 Å². The minimum atomic E-state index is -0.496. The zero-order valence-electron chi connectivity index (χ0n) is 14.4. The van der Waals surface area contributed by atoms with E-state index in [0.717, 1.165) is 0 Å². The SMILES string of the molecule is COC(=O)c1sccc1NC(=O)COc1ccc(Oc2ccccn2)cc1. The molecular formula is C19H16N2O5S. The summed E-state index contributed by atoms with van der Waals surface area (Å²) in [6.45, 7) is -0.198.